The molecule has 0 fully saturated rings. The Balaban J connectivity index is 2.58. The van der Waals surface area contributed by atoms with Gasteiger partial charge in [-0.2, -0.15) is 0 Å². The molecule has 1 aromatic rings. The number of nitrogens with zero attached hydrogens (tertiary/aromatic N) is 1. The molecule has 0 spiro atoms. The summed E-state index contributed by atoms with van der Waals surface area (Å²) in [6.07, 6.45) is 1.58. The molecule has 0 saturated heterocycles. The lowest BCUT2D eigenvalue weighted by molar-refractivity contribution is -0.128. The Kier molecular flexibility index (Phi) is 4.24. The second-order valence-electron chi connectivity index (χ2n) is 3.33. The molecule has 15 heavy (non-hydrogen) atoms. The monoisotopic (exact) mass is 208 g/mol. The third-order valence-electron chi connectivity index (χ3n) is 2.09. The quantitative estimate of drug-likeness (QED) is 0.789. The topological polar surface area (TPSA) is 65.2 Å². The molecule has 0 aromatic carbocycles. The lowest BCUT2D eigenvalue weighted by Gasteiger charge is -2.10. The van der Waals surface area contributed by atoms with Crippen molar-refractivity contribution in [2.75, 3.05) is 12.3 Å². The van der Waals surface area contributed by atoms with Gasteiger partial charge in [0, 0.05) is 19.2 Å². The third-order valence-corrected chi connectivity index (χ3v) is 2.09. The average Bonchev–Trinajstić information content (AvgIpc) is 2.18. The van der Waals surface area contributed by atoms with Gasteiger partial charge in [0.1, 0.15) is 11.9 Å². The van der Waals surface area contributed by atoms with E-state index >= 15 is 0 Å². The van der Waals surface area contributed by atoms with Crippen LogP contribution in [0.5, 0.6) is 0 Å². The normalized spacial score (nSPS) is 12.4. The van der Waals surface area contributed by atoms with Crippen molar-refractivity contribution in [2.24, 2.45) is 0 Å². The van der Waals surface area contributed by atoms with E-state index in [0.717, 1.165) is 5.56 Å². The highest BCUT2D eigenvalue weighted by Crippen LogP contribution is 2.06. The highest BCUT2D eigenvalue weighted by atomic mass is 16.5. The first kappa shape index (κ1) is 11.7. The minimum Gasteiger partial charge on any atom is -0.384 e. The van der Waals surface area contributed by atoms with Crippen molar-refractivity contribution in [3.05, 3.63) is 23.9 Å². The highest BCUT2D eigenvalue weighted by molar-refractivity contribution is 5.84. The summed E-state index contributed by atoms with van der Waals surface area (Å²) < 4.78 is 5.21. The number of pyridine rings is 1. The Hall–Kier alpha value is -1.42. The first-order chi connectivity index (χ1) is 7.13. The van der Waals surface area contributed by atoms with E-state index in [1.807, 2.05) is 6.92 Å². The van der Waals surface area contributed by atoms with Crippen LogP contribution in [0.4, 0.5) is 5.82 Å². The molecule has 4 heteroatoms. The number of carbonyl (C=O) groups is 1. The molecule has 0 radical (unpaired) electrons. The third kappa shape index (κ3) is 3.67. The first-order valence-corrected chi connectivity index (χ1v) is 4.98. The second kappa shape index (κ2) is 5.46. The van der Waals surface area contributed by atoms with E-state index in [2.05, 4.69) is 4.98 Å². The molecule has 0 aliphatic carbocycles. The zero-order valence-corrected chi connectivity index (χ0v) is 9.06. The standard InChI is InChI=1S/C11H16N2O2/c1-3-15-8(2)10(14)6-9-4-5-13-11(12)7-9/h4-5,7-8H,3,6H2,1-2H3,(H2,12,13). The Bertz CT molecular complexity index is 339. The predicted molar refractivity (Wildman–Crippen MR) is 58.4 cm³/mol. The maximum absolute atomic E-state index is 11.6. The molecule has 0 amide bonds. The number of ketones is 1. The van der Waals surface area contributed by atoms with Crippen molar-refractivity contribution in [2.45, 2.75) is 26.4 Å². The number of hydrogen-bond donors (Lipinski definition) is 1. The van der Waals surface area contributed by atoms with E-state index in [9.17, 15) is 4.79 Å². The van der Waals surface area contributed by atoms with Gasteiger partial charge in [-0.05, 0) is 31.5 Å². The van der Waals surface area contributed by atoms with E-state index < -0.39 is 0 Å². The molecular formula is C11H16N2O2. The summed E-state index contributed by atoms with van der Waals surface area (Å²) in [6.45, 7) is 4.18. The van der Waals surface area contributed by atoms with Crippen LogP contribution in [0.1, 0.15) is 19.4 Å². The van der Waals surface area contributed by atoms with Crippen LogP contribution in [0, 0.1) is 0 Å². The Labute approximate surface area is 89.5 Å². The number of carbonyl (C=O) groups excluding carboxylic acids is 1. The molecule has 0 bridgehead atoms. The predicted octanol–water partition coefficient (Wildman–Crippen LogP) is 1.20. The SMILES string of the molecule is CCOC(C)C(=O)Cc1ccnc(N)c1. The minimum absolute atomic E-state index is 0.0578. The van der Waals surface area contributed by atoms with Gasteiger partial charge in [0.05, 0.1) is 0 Å². The van der Waals surface area contributed by atoms with Crippen LogP contribution in [0.15, 0.2) is 18.3 Å². The van der Waals surface area contributed by atoms with Crippen LogP contribution in [0.3, 0.4) is 0 Å². The highest BCUT2D eigenvalue weighted by Gasteiger charge is 2.13. The molecule has 1 heterocycles. The summed E-state index contributed by atoms with van der Waals surface area (Å²) in [7, 11) is 0. The van der Waals surface area contributed by atoms with Gasteiger partial charge >= 0.3 is 0 Å². The maximum atomic E-state index is 11.6. The lowest BCUT2D eigenvalue weighted by atomic mass is 10.1. The zero-order chi connectivity index (χ0) is 11.3. The Morgan fingerprint density at radius 1 is 1.67 bits per heavy atom. The number of nitrogen functional groups attached to an aromatic ring is 1. The van der Waals surface area contributed by atoms with Gasteiger partial charge in [0.25, 0.3) is 0 Å². The summed E-state index contributed by atoms with van der Waals surface area (Å²) in [5.74, 6) is 0.492. The van der Waals surface area contributed by atoms with Crippen molar-refractivity contribution in [1.82, 2.24) is 4.98 Å². The van der Waals surface area contributed by atoms with Gasteiger partial charge in [-0.3, -0.25) is 4.79 Å². The van der Waals surface area contributed by atoms with Crippen molar-refractivity contribution in [3.63, 3.8) is 0 Å². The van der Waals surface area contributed by atoms with Crippen LogP contribution in [-0.4, -0.2) is 23.5 Å². The summed E-state index contributed by atoms with van der Waals surface area (Å²) in [5.41, 5.74) is 6.39. The van der Waals surface area contributed by atoms with Gasteiger partial charge < -0.3 is 10.5 Å². The van der Waals surface area contributed by atoms with Crippen LogP contribution in [0.2, 0.25) is 0 Å². The number of ether oxygens (including phenoxy) is 1. The molecule has 1 aromatic heterocycles. The largest absolute Gasteiger partial charge is 0.384 e. The zero-order valence-electron chi connectivity index (χ0n) is 9.06. The first-order valence-electron chi connectivity index (χ1n) is 4.98. The lowest BCUT2D eigenvalue weighted by Crippen LogP contribution is -2.22. The van der Waals surface area contributed by atoms with E-state index in [0.29, 0.717) is 18.8 Å². The second-order valence-corrected chi connectivity index (χ2v) is 3.33. The molecule has 4 nitrogen and oxygen atoms in total. The van der Waals surface area contributed by atoms with Crippen molar-refractivity contribution >= 4 is 11.6 Å². The molecule has 1 atom stereocenters. The molecule has 82 valence electrons. The Morgan fingerprint density at radius 3 is 3.00 bits per heavy atom. The fourth-order valence-electron chi connectivity index (χ4n) is 1.29. The molecule has 2 N–H and O–H groups in total. The van der Waals surface area contributed by atoms with Gasteiger partial charge in [-0.25, -0.2) is 4.98 Å². The number of anilines is 1. The number of hydrogen-bond acceptors (Lipinski definition) is 4. The molecule has 1 rings (SSSR count). The summed E-state index contributed by atoms with van der Waals surface area (Å²) in [6, 6.07) is 3.49. The van der Waals surface area contributed by atoms with Gasteiger partial charge in [0.15, 0.2) is 5.78 Å². The summed E-state index contributed by atoms with van der Waals surface area (Å²) in [4.78, 5) is 15.5. The average molecular weight is 208 g/mol. The number of Topliss-reactive ketones (excluding diaryl/α,β-unsaturated/α-hetero) is 1. The summed E-state index contributed by atoms with van der Waals surface area (Å²) >= 11 is 0. The van der Waals surface area contributed by atoms with Crippen molar-refractivity contribution in [1.29, 1.82) is 0 Å². The number of rotatable bonds is 5. The van der Waals surface area contributed by atoms with E-state index in [-0.39, 0.29) is 11.9 Å². The smallest absolute Gasteiger partial charge is 0.165 e. The van der Waals surface area contributed by atoms with Crippen molar-refractivity contribution < 1.29 is 9.53 Å². The Morgan fingerprint density at radius 2 is 2.40 bits per heavy atom. The van der Waals surface area contributed by atoms with E-state index in [4.69, 9.17) is 10.5 Å². The molecule has 0 saturated carbocycles. The molecular weight excluding hydrogens is 192 g/mol. The van der Waals surface area contributed by atoms with E-state index in [1.54, 1.807) is 25.3 Å². The molecule has 1 unspecified atom stereocenters. The fourth-order valence-corrected chi connectivity index (χ4v) is 1.29. The van der Waals surface area contributed by atoms with Crippen LogP contribution in [-0.2, 0) is 16.0 Å². The number of nitrogens with two attached hydrogens (primary N) is 1. The number of aromatic nitrogens is 1. The van der Waals surface area contributed by atoms with Crippen LogP contribution < -0.4 is 5.73 Å². The van der Waals surface area contributed by atoms with Crippen LogP contribution >= 0.6 is 0 Å². The van der Waals surface area contributed by atoms with Gasteiger partial charge in [-0.15, -0.1) is 0 Å². The summed E-state index contributed by atoms with van der Waals surface area (Å²) in [5, 5.41) is 0. The maximum Gasteiger partial charge on any atom is 0.165 e. The molecule has 0 aliphatic rings. The fraction of sp³-hybridized carbons (Fsp3) is 0.455. The molecule has 0 aliphatic heterocycles. The van der Waals surface area contributed by atoms with Gasteiger partial charge in [0.2, 0.25) is 0 Å². The van der Waals surface area contributed by atoms with Gasteiger partial charge in [-0.1, -0.05) is 0 Å². The minimum atomic E-state index is -0.357. The van der Waals surface area contributed by atoms with Crippen molar-refractivity contribution in [3.8, 4) is 0 Å². The van der Waals surface area contributed by atoms with E-state index in [1.165, 1.54) is 0 Å². The van der Waals surface area contributed by atoms with Crippen LogP contribution in [0.25, 0.3) is 0 Å².